The van der Waals surface area contributed by atoms with Gasteiger partial charge in [-0.05, 0) is 32.1 Å². The van der Waals surface area contributed by atoms with Gasteiger partial charge in [-0.15, -0.1) is 0 Å². The Balaban J connectivity index is 3.46. The van der Waals surface area contributed by atoms with E-state index in [0.717, 1.165) is 32.5 Å². The molecule has 0 saturated carbocycles. The van der Waals surface area contributed by atoms with E-state index in [1.54, 1.807) is 0 Å². The molecule has 0 aliphatic carbocycles. The number of aliphatic hydroxyl groups excluding tert-OH is 1. The van der Waals surface area contributed by atoms with Crippen LogP contribution >= 0.6 is 0 Å². The van der Waals surface area contributed by atoms with Gasteiger partial charge in [0.05, 0.1) is 19.8 Å². The Kier molecular flexibility index (Phi) is 11.4. The minimum atomic E-state index is -0.172. The van der Waals surface area contributed by atoms with Gasteiger partial charge in [-0.1, -0.05) is 27.7 Å². The molecular formula is C16H35NO3. The second kappa shape index (κ2) is 11.5. The van der Waals surface area contributed by atoms with E-state index in [0.29, 0.717) is 25.2 Å². The minimum Gasteiger partial charge on any atom is -0.394 e. The molecule has 1 unspecified atom stereocenters. The molecule has 4 nitrogen and oxygen atoms in total. The summed E-state index contributed by atoms with van der Waals surface area (Å²) in [6, 6.07) is 0.390. The Labute approximate surface area is 125 Å². The molecule has 0 radical (unpaired) electrons. The van der Waals surface area contributed by atoms with E-state index in [9.17, 15) is 5.11 Å². The van der Waals surface area contributed by atoms with E-state index in [2.05, 4.69) is 39.9 Å². The molecule has 0 aromatic rings. The van der Waals surface area contributed by atoms with Crippen molar-refractivity contribution >= 4 is 0 Å². The van der Waals surface area contributed by atoms with Crippen LogP contribution in [0, 0.1) is 5.92 Å². The maximum absolute atomic E-state index is 9.47. The molecule has 0 aromatic heterocycles. The fourth-order valence-electron chi connectivity index (χ4n) is 2.15. The van der Waals surface area contributed by atoms with Crippen molar-refractivity contribution in [2.24, 2.45) is 5.92 Å². The van der Waals surface area contributed by atoms with Crippen LogP contribution in [0.4, 0.5) is 0 Å². The summed E-state index contributed by atoms with van der Waals surface area (Å²) in [5, 5.41) is 12.9. The predicted molar refractivity (Wildman–Crippen MR) is 84.1 cm³/mol. The van der Waals surface area contributed by atoms with Crippen LogP contribution in [0.15, 0.2) is 0 Å². The lowest BCUT2D eigenvalue weighted by atomic mass is 9.95. The highest BCUT2D eigenvalue weighted by Crippen LogP contribution is 2.14. The molecule has 0 aromatic carbocycles. The summed E-state index contributed by atoms with van der Waals surface area (Å²) in [7, 11) is 0. The Morgan fingerprint density at radius 2 is 1.65 bits per heavy atom. The quantitative estimate of drug-likeness (QED) is 0.512. The zero-order valence-electron chi connectivity index (χ0n) is 14.1. The van der Waals surface area contributed by atoms with Crippen molar-refractivity contribution < 1.29 is 14.6 Å². The van der Waals surface area contributed by atoms with Crippen LogP contribution in [-0.2, 0) is 9.47 Å². The molecule has 0 aliphatic heterocycles. The first-order valence-corrected chi connectivity index (χ1v) is 7.93. The normalized spacial score (nSPS) is 15.0. The van der Waals surface area contributed by atoms with Gasteiger partial charge in [0, 0.05) is 24.8 Å². The average molecular weight is 289 g/mol. The number of aliphatic hydroxyl groups is 1. The standard InChI is InChI=1S/C16H35NO3/c1-14(2)12-20-11-10-19-9-7-6-8-16(5,13-18)17-15(3)4/h14-15,17-18H,6-13H2,1-5H3. The van der Waals surface area contributed by atoms with Crippen molar-refractivity contribution in [2.45, 2.75) is 65.5 Å². The van der Waals surface area contributed by atoms with Gasteiger partial charge < -0.3 is 19.9 Å². The van der Waals surface area contributed by atoms with Crippen molar-refractivity contribution in [3.8, 4) is 0 Å². The fourth-order valence-corrected chi connectivity index (χ4v) is 2.15. The summed E-state index contributed by atoms with van der Waals surface area (Å²) >= 11 is 0. The second-order valence-electron chi connectivity index (χ2n) is 6.56. The molecule has 0 amide bonds. The Morgan fingerprint density at radius 1 is 1.00 bits per heavy atom. The zero-order chi connectivity index (χ0) is 15.4. The molecule has 0 spiro atoms. The molecule has 2 N–H and O–H groups in total. The molecule has 0 rings (SSSR count). The van der Waals surface area contributed by atoms with Crippen molar-refractivity contribution in [3.63, 3.8) is 0 Å². The lowest BCUT2D eigenvalue weighted by Gasteiger charge is -2.31. The van der Waals surface area contributed by atoms with Gasteiger partial charge in [0.2, 0.25) is 0 Å². The number of rotatable bonds is 13. The van der Waals surface area contributed by atoms with Crippen LogP contribution in [-0.4, -0.2) is 49.7 Å². The predicted octanol–water partition coefficient (Wildman–Crippen LogP) is 2.59. The van der Waals surface area contributed by atoms with Gasteiger partial charge in [0.15, 0.2) is 0 Å². The molecule has 0 aliphatic rings. The third-order valence-electron chi connectivity index (χ3n) is 3.08. The SMILES string of the molecule is CC(C)COCCOCCCCC(C)(CO)NC(C)C. The minimum absolute atomic E-state index is 0.172. The van der Waals surface area contributed by atoms with Crippen LogP contribution in [0.5, 0.6) is 0 Å². The van der Waals surface area contributed by atoms with Crippen LogP contribution in [0.3, 0.4) is 0 Å². The van der Waals surface area contributed by atoms with Crippen LogP contribution in [0.1, 0.15) is 53.9 Å². The van der Waals surface area contributed by atoms with Gasteiger partial charge in [-0.2, -0.15) is 0 Å². The van der Waals surface area contributed by atoms with Gasteiger partial charge >= 0.3 is 0 Å². The van der Waals surface area contributed by atoms with Gasteiger partial charge in [0.1, 0.15) is 0 Å². The topological polar surface area (TPSA) is 50.7 Å². The highest BCUT2D eigenvalue weighted by molar-refractivity contribution is 4.83. The third kappa shape index (κ3) is 11.6. The summed E-state index contributed by atoms with van der Waals surface area (Å²) in [5.74, 6) is 0.583. The van der Waals surface area contributed by atoms with Gasteiger partial charge in [0.25, 0.3) is 0 Å². The summed E-state index contributed by atoms with van der Waals surface area (Å²) in [6.07, 6.45) is 3.05. The Bertz CT molecular complexity index is 222. The Hall–Kier alpha value is -0.160. The summed E-state index contributed by atoms with van der Waals surface area (Å²) in [5.41, 5.74) is -0.172. The average Bonchev–Trinajstić information content (AvgIpc) is 2.35. The maximum atomic E-state index is 9.47. The molecular weight excluding hydrogens is 254 g/mol. The molecule has 122 valence electrons. The number of hydrogen-bond donors (Lipinski definition) is 2. The van der Waals surface area contributed by atoms with E-state index < -0.39 is 0 Å². The van der Waals surface area contributed by atoms with E-state index in [1.807, 2.05) is 0 Å². The maximum Gasteiger partial charge on any atom is 0.0700 e. The van der Waals surface area contributed by atoms with Crippen LogP contribution in [0.2, 0.25) is 0 Å². The van der Waals surface area contributed by atoms with E-state index in [4.69, 9.17) is 9.47 Å². The summed E-state index contributed by atoms with van der Waals surface area (Å²) < 4.78 is 11.0. The highest BCUT2D eigenvalue weighted by Gasteiger charge is 2.22. The molecule has 1 atom stereocenters. The van der Waals surface area contributed by atoms with Crippen molar-refractivity contribution in [2.75, 3.05) is 33.0 Å². The van der Waals surface area contributed by atoms with Crippen LogP contribution in [0.25, 0.3) is 0 Å². The first-order chi connectivity index (χ1) is 9.39. The highest BCUT2D eigenvalue weighted by atomic mass is 16.5. The molecule has 0 heterocycles. The monoisotopic (exact) mass is 289 g/mol. The fraction of sp³-hybridized carbons (Fsp3) is 1.00. The molecule has 0 saturated heterocycles. The summed E-state index contributed by atoms with van der Waals surface area (Å²) in [4.78, 5) is 0. The number of unbranched alkanes of at least 4 members (excludes halogenated alkanes) is 1. The van der Waals surface area contributed by atoms with E-state index in [1.165, 1.54) is 0 Å². The van der Waals surface area contributed by atoms with Crippen molar-refractivity contribution in [1.82, 2.24) is 5.32 Å². The number of ether oxygens (including phenoxy) is 2. The number of hydrogen-bond acceptors (Lipinski definition) is 4. The van der Waals surface area contributed by atoms with Crippen molar-refractivity contribution in [1.29, 1.82) is 0 Å². The summed E-state index contributed by atoms with van der Waals surface area (Å²) in [6.45, 7) is 13.7. The molecule has 0 fully saturated rings. The molecule has 4 heteroatoms. The lowest BCUT2D eigenvalue weighted by molar-refractivity contribution is 0.0357. The molecule has 0 bridgehead atoms. The lowest BCUT2D eigenvalue weighted by Crippen LogP contribution is -2.49. The first kappa shape index (κ1) is 19.8. The zero-order valence-corrected chi connectivity index (χ0v) is 14.1. The van der Waals surface area contributed by atoms with Gasteiger partial charge in [-0.25, -0.2) is 0 Å². The largest absolute Gasteiger partial charge is 0.394 e. The van der Waals surface area contributed by atoms with Crippen LogP contribution < -0.4 is 5.32 Å². The Morgan fingerprint density at radius 3 is 2.20 bits per heavy atom. The number of nitrogens with one attached hydrogen (secondary N) is 1. The van der Waals surface area contributed by atoms with Gasteiger partial charge in [-0.3, -0.25) is 0 Å². The van der Waals surface area contributed by atoms with E-state index in [-0.39, 0.29) is 12.1 Å². The first-order valence-electron chi connectivity index (χ1n) is 7.93. The smallest absolute Gasteiger partial charge is 0.0700 e. The third-order valence-corrected chi connectivity index (χ3v) is 3.08. The van der Waals surface area contributed by atoms with Crippen molar-refractivity contribution in [3.05, 3.63) is 0 Å². The second-order valence-corrected chi connectivity index (χ2v) is 6.56. The molecule has 20 heavy (non-hydrogen) atoms. The van der Waals surface area contributed by atoms with E-state index >= 15 is 0 Å².